The molecule has 1 aliphatic heterocycles. The SMILES string of the molecule is CC.CC1CC(C)C(O)(CO)O1. The topological polar surface area (TPSA) is 49.7 Å². The van der Waals surface area contributed by atoms with Crippen molar-refractivity contribution in [1.82, 2.24) is 0 Å². The Morgan fingerprint density at radius 2 is 1.92 bits per heavy atom. The number of rotatable bonds is 1. The van der Waals surface area contributed by atoms with Crippen molar-refractivity contribution in [3.8, 4) is 0 Å². The molecule has 74 valence electrons. The number of aliphatic hydroxyl groups is 2. The van der Waals surface area contributed by atoms with Gasteiger partial charge >= 0.3 is 0 Å². The molecule has 1 fully saturated rings. The van der Waals surface area contributed by atoms with Gasteiger partial charge in [0.15, 0.2) is 5.79 Å². The first-order valence-corrected chi connectivity index (χ1v) is 4.59. The number of hydrogen-bond acceptors (Lipinski definition) is 3. The van der Waals surface area contributed by atoms with Crippen molar-refractivity contribution in [1.29, 1.82) is 0 Å². The molecule has 1 aliphatic rings. The maximum atomic E-state index is 9.47. The lowest BCUT2D eigenvalue weighted by Crippen LogP contribution is -2.38. The summed E-state index contributed by atoms with van der Waals surface area (Å²) in [4.78, 5) is 0. The zero-order valence-electron chi connectivity index (χ0n) is 8.37. The summed E-state index contributed by atoms with van der Waals surface area (Å²) in [6.45, 7) is 7.46. The average molecular weight is 176 g/mol. The van der Waals surface area contributed by atoms with Gasteiger partial charge in [0, 0.05) is 5.92 Å². The Hall–Kier alpha value is -0.120. The standard InChI is InChI=1S/C7H14O3.C2H6/c1-5-3-6(2)10-7(5,9)4-8;1-2/h5-6,8-9H,3-4H2,1-2H3;1-2H3. The quantitative estimate of drug-likeness (QED) is 0.630. The first kappa shape index (κ1) is 11.9. The van der Waals surface area contributed by atoms with E-state index in [1.807, 2.05) is 27.7 Å². The van der Waals surface area contributed by atoms with Gasteiger partial charge in [-0.1, -0.05) is 20.8 Å². The lowest BCUT2D eigenvalue weighted by atomic mass is 10.00. The highest BCUT2D eigenvalue weighted by Gasteiger charge is 2.42. The molecule has 0 aromatic heterocycles. The van der Waals surface area contributed by atoms with Gasteiger partial charge in [-0.3, -0.25) is 0 Å². The minimum Gasteiger partial charge on any atom is -0.391 e. The molecule has 1 rings (SSSR count). The maximum Gasteiger partial charge on any atom is 0.191 e. The summed E-state index contributed by atoms with van der Waals surface area (Å²) >= 11 is 0. The second-order valence-corrected chi connectivity index (χ2v) is 3.07. The summed E-state index contributed by atoms with van der Waals surface area (Å²) in [6.07, 6.45) is 0.879. The van der Waals surface area contributed by atoms with Crippen LogP contribution in [0.2, 0.25) is 0 Å². The monoisotopic (exact) mass is 176 g/mol. The zero-order valence-corrected chi connectivity index (χ0v) is 8.37. The van der Waals surface area contributed by atoms with Crippen molar-refractivity contribution in [3.63, 3.8) is 0 Å². The van der Waals surface area contributed by atoms with Gasteiger partial charge in [-0.25, -0.2) is 0 Å². The molecule has 0 saturated carbocycles. The Morgan fingerprint density at radius 1 is 1.42 bits per heavy atom. The molecule has 3 heteroatoms. The Balaban J connectivity index is 0.000000561. The third-order valence-corrected chi connectivity index (χ3v) is 2.09. The Labute approximate surface area is 74.4 Å². The van der Waals surface area contributed by atoms with Crippen molar-refractivity contribution in [2.45, 2.75) is 46.0 Å². The molecule has 0 aromatic carbocycles. The molecule has 3 atom stereocenters. The van der Waals surface area contributed by atoms with Crippen molar-refractivity contribution < 1.29 is 14.9 Å². The smallest absolute Gasteiger partial charge is 0.191 e. The highest BCUT2D eigenvalue weighted by Crippen LogP contribution is 2.32. The van der Waals surface area contributed by atoms with Crippen LogP contribution in [-0.2, 0) is 4.74 Å². The van der Waals surface area contributed by atoms with E-state index in [0.717, 1.165) is 6.42 Å². The number of hydrogen-bond donors (Lipinski definition) is 2. The van der Waals surface area contributed by atoms with E-state index in [0.29, 0.717) is 0 Å². The normalized spacial score (nSPS) is 40.5. The molecule has 0 amide bonds. The first-order chi connectivity index (χ1) is 5.58. The van der Waals surface area contributed by atoms with Crippen LogP contribution in [0.3, 0.4) is 0 Å². The van der Waals surface area contributed by atoms with Crippen molar-refractivity contribution in [2.75, 3.05) is 6.61 Å². The fraction of sp³-hybridized carbons (Fsp3) is 1.00. The molecular formula is C9H20O3. The molecular weight excluding hydrogens is 156 g/mol. The molecule has 0 aliphatic carbocycles. The largest absolute Gasteiger partial charge is 0.391 e. The lowest BCUT2D eigenvalue weighted by molar-refractivity contribution is -0.226. The van der Waals surface area contributed by atoms with E-state index in [4.69, 9.17) is 9.84 Å². The third-order valence-electron chi connectivity index (χ3n) is 2.09. The summed E-state index contributed by atoms with van der Waals surface area (Å²) < 4.78 is 5.12. The molecule has 0 bridgehead atoms. The van der Waals surface area contributed by atoms with E-state index in [-0.39, 0.29) is 18.6 Å². The fourth-order valence-corrected chi connectivity index (χ4v) is 1.39. The van der Waals surface area contributed by atoms with Crippen LogP contribution < -0.4 is 0 Å². The van der Waals surface area contributed by atoms with Gasteiger partial charge in [-0.2, -0.15) is 0 Å². The molecule has 0 spiro atoms. The van der Waals surface area contributed by atoms with Gasteiger partial charge in [0.25, 0.3) is 0 Å². The van der Waals surface area contributed by atoms with Crippen molar-refractivity contribution in [2.24, 2.45) is 5.92 Å². The van der Waals surface area contributed by atoms with Crippen LogP contribution >= 0.6 is 0 Å². The van der Waals surface area contributed by atoms with Crippen LogP contribution in [0.15, 0.2) is 0 Å². The fourth-order valence-electron chi connectivity index (χ4n) is 1.39. The van der Waals surface area contributed by atoms with Gasteiger partial charge in [0.2, 0.25) is 0 Å². The predicted octanol–water partition coefficient (Wildman–Crippen LogP) is 1.14. The van der Waals surface area contributed by atoms with E-state index in [9.17, 15) is 5.11 Å². The van der Waals surface area contributed by atoms with Gasteiger partial charge in [-0.05, 0) is 13.3 Å². The van der Waals surface area contributed by atoms with Crippen LogP contribution in [0, 0.1) is 5.92 Å². The van der Waals surface area contributed by atoms with E-state index >= 15 is 0 Å². The molecule has 0 aromatic rings. The Kier molecular flexibility index (Phi) is 4.75. The van der Waals surface area contributed by atoms with E-state index < -0.39 is 5.79 Å². The summed E-state index contributed by atoms with van der Waals surface area (Å²) in [5.74, 6) is -1.24. The summed E-state index contributed by atoms with van der Waals surface area (Å²) in [5.41, 5.74) is 0. The molecule has 12 heavy (non-hydrogen) atoms. The minimum atomic E-state index is -1.28. The molecule has 1 saturated heterocycles. The van der Waals surface area contributed by atoms with Crippen LogP contribution in [-0.4, -0.2) is 28.7 Å². The molecule has 0 radical (unpaired) electrons. The number of ether oxygens (including phenoxy) is 1. The zero-order chi connectivity index (χ0) is 9.78. The maximum absolute atomic E-state index is 9.47. The molecule has 3 nitrogen and oxygen atoms in total. The molecule has 1 heterocycles. The second-order valence-electron chi connectivity index (χ2n) is 3.07. The highest BCUT2D eigenvalue weighted by atomic mass is 16.6. The van der Waals surface area contributed by atoms with Crippen LogP contribution in [0.1, 0.15) is 34.1 Å². The first-order valence-electron chi connectivity index (χ1n) is 4.59. The van der Waals surface area contributed by atoms with Crippen molar-refractivity contribution >= 4 is 0 Å². The van der Waals surface area contributed by atoms with Gasteiger partial charge in [0.05, 0.1) is 12.7 Å². The van der Waals surface area contributed by atoms with Crippen LogP contribution in [0.5, 0.6) is 0 Å². The highest BCUT2D eigenvalue weighted by molar-refractivity contribution is 4.82. The predicted molar refractivity (Wildman–Crippen MR) is 47.7 cm³/mol. The van der Waals surface area contributed by atoms with E-state index in [1.54, 1.807) is 0 Å². The van der Waals surface area contributed by atoms with E-state index in [2.05, 4.69) is 0 Å². The van der Waals surface area contributed by atoms with E-state index in [1.165, 1.54) is 0 Å². The van der Waals surface area contributed by atoms with Crippen LogP contribution in [0.25, 0.3) is 0 Å². The van der Waals surface area contributed by atoms with Gasteiger partial charge in [-0.15, -0.1) is 0 Å². The lowest BCUT2D eigenvalue weighted by Gasteiger charge is -2.23. The average Bonchev–Trinajstić information content (AvgIpc) is 2.31. The minimum absolute atomic E-state index is 0.0347. The molecule has 3 unspecified atom stereocenters. The second kappa shape index (κ2) is 4.80. The van der Waals surface area contributed by atoms with Crippen molar-refractivity contribution in [3.05, 3.63) is 0 Å². The Morgan fingerprint density at radius 3 is 2.08 bits per heavy atom. The molecule has 2 N–H and O–H groups in total. The summed E-state index contributed by atoms with van der Waals surface area (Å²) in [6, 6.07) is 0. The number of aliphatic hydroxyl groups excluding tert-OH is 1. The van der Waals surface area contributed by atoms with Crippen LogP contribution in [0.4, 0.5) is 0 Å². The van der Waals surface area contributed by atoms with Gasteiger partial charge < -0.3 is 14.9 Å². The summed E-state index contributed by atoms with van der Waals surface area (Å²) in [7, 11) is 0. The Bertz CT molecular complexity index is 127. The summed E-state index contributed by atoms with van der Waals surface area (Å²) in [5, 5.41) is 18.2. The third kappa shape index (κ3) is 2.44. The van der Waals surface area contributed by atoms with Gasteiger partial charge in [0.1, 0.15) is 0 Å².